The van der Waals surface area contributed by atoms with E-state index in [0.717, 1.165) is 48.7 Å². The molecule has 4 N–H and O–H groups in total. The van der Waals surface area contributed by atoms with Crippen molar-refractivity contribution in [2.75, 3.05) is 13.1 Å². The van der Waals surface area contributed by atoms with Crippen molar-refractivity contribution in [3.05, 3.63) is 30.1 Å². The van der Waals surface area contributed by atoms with Crippen molar-refractivity contribution in [1.82, 2.24) is 15.3 Å². The second-order valence-electron chi connectivity index (χ2n) is 5.75. The van der Waals surface area contributed by atoms with E-state index in [-0.39, 0.29) is 0 Å². The fourth-order valence-electron chi connectivity index (χ4n) is 2.56. The third kappa shape index (κ3) is 3.74. The number of aromatic nitrogens is 2. The van der Waals surface area contributed by atoms with Gasteiger partial charge >= 0.3 is 0 Å². The zero-order valence-electron chi connectivity index (χ0n) is 12.3. The summed E-state index contributed by atoms with van der Waals surface area (Å²) in [5.41, 5.74) is 7.99. The highest BCUT2D eigenvalue weighted by molar-refractivity contribution is 5.77. The number of aliphatic imine (C=N–C) groups is 1. The van der Waals surface area contributed by atoms with Crippen molar-refractivity contribution < 1.29 is 0 Å². The van der Waals surface area contributed by atoms with E-state index in [9.17, 15) is 0 Å². The molecule has 1 fully saturated rings. The topological polar surface area (TPSA) is 79.1 Å². The predicted octanol–water partition coefficient (Wildman–Crippen LogP) is 2.20. The van der Waals surface area contributed by atoms with Crippen LogP contribution >= 0.6 is 0 Å². The molecule has 5 nitrogen and oxygen atoms in total. The van der Waals surface area contributed by atoms with Crippen molar-refractivity contribution in [3.63, 3.8) is 0 Å². The highest BCUT2D eigenvalue weighted by Gasteiger charge is 2.16. The third-order valence-corrected chi connectivity index (χ3v) is 4.08. The molecule has 3 rings (SSSR count). The van der Waals surface area contributed by atoms with Gasteiger partial charge in [-0.1, -0.05) is 18.6 Å². The number of imidazole rings is 1. The highest BCUT2D eigenvalue weighted by atomic mass is 15.1. The van der Waals surface area contributed by atoms with Crippen molar-refractivity contribution in [3.8, 4) is 0 Å². The maximum Gasteiger partial charge on any atom is 0.188 e. The lowest BCUT2D eigenvalue weighted by Crippen LogP contribution is -2.33. The number of para-hydroxylation sites is 2. The number of aromatic amines is 1. The molecule has 5 heteroatoms. The number of nitrogens with one attached hydrogen (secondary N) is 2. The molecule has 0 saturated heterocycles. The van der Waals surface area contributed by atoms with Gasteiger partial charge in [0, 0.05) is 19.5 Å². The first-order valence-electron chi connectivity index (χ1n) is 7.78. The Balaban J connectivity index is 1.39. The van der Waals surface area contributed by atoms with Crippen molar-refractivity contribution >= 4 is 17.0 Å². The van der Waals surface area contributed by atoms with Gasteiger partial charge in [0.15, 0.2) is 5.96 Å². The summed E-state index contributed by atoms with van der Waals surface area (Å²) in [6.45, 7) is 1.71. The summed E-state index contributed by atoms with van der Waals surface area (Å²) < 4.78 is 0. The molecular formula is C16H23N5. The molecule has 0 unspecified atom stereocenters. The highest BCUT2D eigenvalue weighted by Crippen LogP contribution is 2.26. The molecule has 0 radical (unpaired) electrons. The molecule has 1 heterocycles. The Morgan fingerprint density at radius 1 is 1.38 bits per heavy atom. The largest absolute Gasteiger partial charge is 0.370 e. The van der Waals surface area contributed by atoms with E-state index < -0.39 is 0 Å². The molecule has 0 spiro atoms. The second kappa shape index (κ2) is 6.61. The number of rotatable bonds is 6. The maximum atomic E-state index is 5.86. The SMILES string of the molecule is NC(=NCC1CCC1)NCCCc1nc2ccccc2[nH]1. The normalized spacial score (nSPS) is 16.1. The van der Waals surface area contributed by atoms with Crippen LogP contribution in [0.25, 0.3) is 11.0 Å². The molecule has 2 aromatic rings. The van der Waals surface area contributed by atoms with Gasteiger partial charge in [-0.2, -0.15) is 0 Å². The Morgan fingerprint density at radius 2 is 2.24 bits per heavy atom. The number of guanidine groups is 1. The van der Waals surface area contributed by atoms with E-state index in [4.69, 9.17) is 5.73 Å². The van der Waals surface area contributed by atoms with Crippen LogP contribution < -0.4 is 11.1 Å². The lowest BCUT2D eigenvalue weighted by atomic mass is 9.86. The average molecular weight is 285 g/mol. The van der Waals surface area contributed by atoms with Crippen LogP contribution in [0, 0.1) is 5.92 Å². The molecule has 1 saturated carbocycles. The molecule has 0 bridgehead atoms. The molecule has 1 aromatic carbocycles. The molecule has 112 valence electrons. The quantitative estimate of drug-likeness (QED) is 0.432. The van der Waals surface area contributed by atoms with Gasteiger partial charge in [0.1, 0.15) is 5.82 Å². The van der Waals surface area contributed by atoms with Gasteiger partial charge in [-0.15, -0.1) is 0 Å². The lowest BCUT2D eigenvalue weighted by Gasteiger charge is -2.23. The van der Waals surface area contributed by atoms with Gasteiger partial charge in [0.05, 0.1) is 11.0 Å². The molecule has 1 aromatic heterocycles. The van der Waals surface area contributed by atoms with Crippen LogP contribution in [0.1, 0.15) is 31.5 Å². The summed E-state index contributed by atoms with van der Waals surface area (Å²) in [5, 5.41) is 3.18. The van der Waals surface area contributed by atoms with Gasteiger partial charge in [-0.25, -0.2) is 4.98 Å². The van der Waals surface area contributed by atoms with E-state index in [1.165, 1.54) is 19.3 Å². The fraction of sp³-hybridized carbons (Fsp3) is 0.500. The van der Waals surface area contributed by atoms with Crippen LogP contribution in [0.2, 0.25) is 0 Å². The molecule has 0 aliphatic heterocycles. The number of nitrogens with two attached hydrogens (primary N) is 1. The first-order valence-corrected chi connectivity index (χ1v) is 7.78. The van der Waals surface area contributed by atoms with Gasteiger partial charge in [0.25, 0.3) is 0 Å². The lowest BCUT2D eigenvalue weighted by molar-refractivity contribution is 0.326. The zero-order valence-corrected chi connectivity index (χ0v) is 12.3. The summed E-state index contributed by atoms with van der Waals surface area (Å²) in [6, 6.07) is 8.10. The zero-order chi connectivity index (χ0) is 14.5. The molecule has 1 aliphatic rings. The molecule has 0 atom stereocenters. The minimum atomic E-state index is 0.575. The van der Waals surface area contributed by atoms with E-state index in [0.29, 0.717) is 5.96 Å². The summed E-state index contributed by atoms with van der Waals surface area (Å²) in [5.74, 6) is 2.37. The Labute approximate surface area is 125 Å². The van der Waals surface area contributed by atoms with Gasteiger partial charge in [-0.05, 0) is 37.3 Å². The Bertz CT molecular complexity index is 579. The third-order valence-electron chi connectivity index (χ3n) is 4.08. The minimum Gasteiger partial charge on any atom is -0.370 e. The summed E-state index contributed by atoms with van der Waals surface area (Å²) in [4.78, 5) is 12.3. The summed E-state index contributed by atoms with van der Waals surface area (Å²) >= 11 is 0. The van der Waals surface area contributed by atoms with Crippen LogP contribution in [0.4, 0.5) is 0 Å². The van der Waals surface area contributed by atoms with Crippen LogP contribution in [0.5, 0.6) is 0 Å². The Morgan fingerprint density at radius 3 is 3.00 bits per heavy atom. The van der Waals surface area contributed by atoms with Gasteiger partial charge in [-0.3, -0.25) is 4.99 Å². The van der Waals surface area contributed by atoms with E-state index in [1.54, 1.807) is 0 Å². The minimum absolute atomic E-state index is 0.575. The van der Waals surface area contributed by atoms with Crippen molar-refractivity contribution in [2.24, 2.45) is 16.6 Å². The molecular weight excluding hydrogens is 262 g/mol. The Kier molecular flexibility index (Phi) is 4.38. The van der Waals surface area contributed by atoms with Gasteiger partial charge in [0.2, 0.25) is 0 Å². The molecule has 21 heavy (non-hydrogen) atoms. The van der Waals surface area contributed by atoms with Crippen molar-refractivity contribution in [2.45, 2.75) is 32.1 Å². The van der Waals surface area contributed by atoms with Crippen LogP contribution in [0.3, 0.4) is 0 Å². The van der Waals surface area contributed by atoms with Gasteiger partial charge < -0.3 is 16.0 Å². The first kappa shape index (κ1) is 13.9. The summed E-state index contributed by atoms with van der Waals surface area (Å²) in [6.07, 6.45) is 5.87. The first-order chi connectivity index (χ1) is 10.3. The van der Waals surface area contributed by atoms with E-state index in [2.05, 4.69) is 26.3 Å². The van der Waals surface area contributed by atoms with Crippen LogP contribution in [-0.2, 0) is 6.42 Å². The van der Waals surface area contributed by atoms with E-state index >= 15 is 0 Å². The number of hydrogen-bond acceptors (Lipinski definition) is 2. The van der Waals surface area contributed by atoms with Crippen molar-refractivity contribution in [1.29, 1.82) is 0 Å². The standard InChI is InChI=1S/C16H23N5/c17-16(19-11-12-5-3-6-12)18-10-4-9-15-20-13-7-1-2-8-14(13)21-15/h1-2,7-8,12H,3-6,9-11H2,(H,20,21)(H3,17,18,19). The molecule has 0 amide bonds. The monoisotopic (exact) mass is 285 g/mol. The van der Waals surface area contributed by atoms with Crippen LogP contribution in [0.15, 0.2) is 29.3 Å². The predicted molar refractivity (Wildman–Crippen MR) is 86.2 cm³/mol. The second-order valence-corrected chi connectivity index (χ2v) is 5.75. The average Bonchev–Trinajstić information content (AvgIpc) is 2.84. The summed E-state index contributed by atoms with van der Waals surface area (Å²) in [7, 11) is 0. The number of aryl methyl sites for hydroxylation is 1. The van der Waals surface area contributed by atoms with Crippen LogP contribution in [-0.4, -0.2) is 29.0 Å². The fourth-order valence-corrected chi connectivity index (χ4v) is 2.56. The number of nitrogens with zero attached hydrogens (tertiary/aromatic N) is 2. The Hall–Kier alpha value is -2.04. The number of hydrogen-bond donors (Lipinski definition) is 3. The number of benzene rings is 1. The van der Waals surface area contributed by atoms with E-state index in [1.807, 2.05) is 18.2 Å². The smallest absolute Gasteiger partial charge is 0.188 e. The number of fused-ring (bicyclic) bond motifs is 1. The maximum absolute atomic E-state index is 5.86. The molecule has 1 aliphatic carbocycles. The number of H-pyrrole nitrogens is 1.